The van der Waals surface area contributed by atoms with Crippen LogP contribution >= 0.6 is 0 Å². The van der Waals surface area contributed by atoms with Crippen molar-refractivity contribution in [3.05, 3.63) is 0 Å². The van der Waals surface area contributed by atoms with Crippen LogP contribution in [0.4, 0.5) is 0 Å². The Morgan fingerprint density at radius 3 is 1.12 bits per heavy atom. The lowest BCUT2D eigenvalue weighted by molar-refractivity contribution is -0.114. The maximum absolute atomic E-state index is 11.0. The van der Waals surface area contributed by atoms with E-state index < -0.39 is 67.3 Å². The van der Waals surface area contributed by atoms with Crippen LogP contribution in [0.3, 0.4) is 0 Å². The predicted molar refractivity (Wildman–Crippen MR) is 76.8 cm³/mol. The quantitative estimate of drug-likeness (QED) is 0.471. The molecule has 0 heterocycles. The summed E-state index contributed by atoms with van der Waals surface area (Å²) in [5.41, 5.74) is 0. The average molecular weight is 414 g/mol. The van der Waals surface area contributed by atoms with Gasteiger partial charge < -0.3 is 0 Å². The van der Waals surface area contributed by atoms with Crippen LogP contribution in [0.25, 0.3) is 0 Å². The Bertz CT molecular complexity index is 754. The third kappa shape index (κ3) is 6.16. The molecule has 1 rings (SSSR count). The summed E-state index contributed by atoms with van der Waals surface area (Å²) in [4.78, 5) is 0. The second-order valence-corrected chi connectivity index (χ2v) is 8.69. The van der Waals surface area contributed by atoms with Crippen LogP contribution in [0.1, 0.15) is 20.8 Å². The van der Waals surface area contributed by atoms with Gasteiger partial charge in [-0.05, 0) is 11.8 Å². The van der Waals surface area contributed by atoms with Crippen LogP contribution in [0.5, 0.6) is 0 Å². The highest BCUT2D eigenvalue weighted by Crippen LogP contribution is 2.40. The molecule has 1 fully saturated rings. The molecular weight excluding hydrogens is 396 g/mol. The van der Waals surface area contributed by atoms with E-state index in [1.54, 1.807) is 0 Å². The molecule has 6 atom stereocenters. The number of hydrogen-bond acceptors (Lipinski definition) is 9. The predicted octanol–water partition coefficient (Wildman–Crippen LogP) is -0.528. The second-order valence-electron chi connectivity index (χ2n) is 5.54. The van der Waals surface area contributed by atoms with Gasteiger partial charge in [-0.3, -0.25) is 13.7 Å². The van der Waals surface area contributed by atoms with Gasteiger partial charge in [0.15, 0.2) is 0 Å². The molecule has 0 spiro atoms. The van der Waals surface area contributed by atoms with Gasteiger partial charge in [0.05, 0.1) is 6.10 Å². The van der Waals surface area contributed by atoms with E-state index >= 15 is 0 Å². The van der Waals surface area contributed by atoms with Gasteiger partial charge in [0, 0.05) is 5.92 Å². The third-order valence-electron chi connectivity index (χ3n) is 3.92. The molecule has 0 aliphatic heterocycles. The first kappa shape index (κ1) is 21.7. The molecule has 144 valence electrons. The minimum absolute atomic E-state index is 0.769. The molecular formula is C9H18O12S3. The smallest absolute Gasteiger partial charge is 0.264 e. The van der Waals surface area contributed by atoms with Crippen LogP contribution < -0.4 is 0 Å². The standard InChI is InChI=1S/C9H18O12S3/c1-4-5(2)8(20-23(13,14)15)9(21-24(16,17)18)6(3)7(4)19-22(10,11)12/h4-9H,1-3H3,(H,10,11,12)(H,13,14,15)(H,16,17,18). The van der Waals surface area contributed by atoms with Gasteiger partial charge in [0.25, 0.3) is 0 Å². The minimum atomic E-state index is -5.08. The van der Waals surface area contributed by atoms with Crippen molar-refractivity contribution in [1.29, 1.82) is 0 Å². The van der Waals surface area contributed by atoms with Gasteiger partial charge in [-0.25, -0.2) is 12.5 Å². The summed E-state index contributed by atoms with van der Waals surface area (Å²) in [6.07, 6.45) is -4.61. The van der Waals surface area contributed by atoms with Crippen LogP contribution in [-0.4, -0.2) is 57.2 Å². The van der Waals surface area contributed by atoms with E-state index in [1.165, 1.54) is 20.8 Å². The van der Waals surface area contributed by atoms with Crippen LogP contribution in [-0.2, 0) is 43.7 Å². The normalized spacial score (nSPS) is 35.8. The first-order valence-corrected chi connectivity index (χ1v) is 10.6. The first-order chi connectivity index (χ1) is 10.5. The highest BCUT2D eigenvalue weighted by Gasteiger charge is 2.51. The lowest BCUT2D eigenvalue weighted by Gasteiger charge is -2.45. The maximum Gasteiger partial charge on any atom is 0.397 e. The summed E-state index contributed by atoms with van der Waals surface area (Å²) >= 11 is 0. The van der Waals surface area contributed by atoms with Crippen molar-refractivity contribution in [2.75, 3.05) is 0 Å². The molecule has 3 N–H and O–H groups in total. The minimum Gasteiger partial charge on any atom is -0.264 e. The average Bonchev–Trinajstić information content (AvgIpc) is 2.32. The van der Waals surface area contributed by atoms with Crippen molar-refractivity contribution in [2.24, 2.45) is 17.8 Å². The summed E-state index contributed by atoms with van der Waals surface area (Å²) in [7, 11) is -15.0. The SMILES string of the molecule is CC1C(C)C(OS(=O)(=O)O)C(OS(=O)(=O)O)C(C)C1OS(=O)(=O)O. The fourth-order valence-electron chi connectivity index (χ4n) is 2.74. The lowest BCUT2D eigenvalue weighted by atomic mass is 9.71. The molecule has 12 nitrogen and oxygen atoms in total. The molecule has 1 aliphatic rings. The number of hydrogen-bond donors (Lipinski definition) is 3. The summed E-state index contributed by atoms with van der Waals surface area (Å²) in [6, 6.07) is 0. The zero-order valence-electron chi connectivity index (χ0n) is 12.7. The van der Waals surface area contributed by atoms with Gasteiger partial charge >= 0.3 is 31.2 Å². The zero-order valence-corrected chi connectivity index (χ0v) is 15.2. The van der Waals surface area contributed by atoms with Crippen molar-refractivity contribution in [3.63, 3.8) is 0 Å². The Kier molecular flexibility index (Phi) is 6.39. The molecule has 0 bridgehead atoms. The molecule has 24 heavy (non-hydrogen) atoms. The molecule has 1 saturated carbocycles. The van der Waals surface area contributed by atoms with E-state index in [4.69, 9.17) is 13.7 Å². The van der Waals surface area contributed by atoms with Crippen LogP contribution in [0, 0.1) is 17.8 Å². The molecule has 6 unspecified atom stereocenters. The van der Waals surface area contributed by atoms with Crippen LogP contribution in [0.2, 0.25) is 0 Å². The number of rotatable bonds is 6. The summed E-state index contributed by atoms with van der Waals surface area (Å²) in [5, 5.41) is 0. The zero-order chi connectivity index (χ0) is 19.1. The van der Waals surface area contributed by atoms with Gasteiger partial charge in [-0.1, -0.05) is 20.8 Å². The van der Waals surface area contributed by atoms with Crippen LogP contribution in [0.15, 0.2) is 0 Å². The Labute approximate surface area is 140 Å². The van der Waals surface area contributed by atoms with Crippen molar-refractivity contribution in [2.45, 2.75) is 39.1 Å². The highest BCUT2D eigenvalue weighted by atomic mass is 32.3. The van der Waals surface area contributed by atoms with E-state index in [2.05, 4.69) is 12.5 Å². The van der Waals surface area contributed by atoms with Gasteiger partial charge in [-0.15, -0.1) is 0 Å². The third-order valence-corrected chi connectivity index (χ3v) is 5.32. The summed E-state index contributed by atoms with van der Waals surface area (Å²) in [6.45, 7) is 4.02. The molecule has 1 aliphatic carbocycles. The van der Waals surface area contributed by atoms with E-state index in [-0.39, 0.29) is 0 Å². The molecule has 0 amide bonds. The van der Waals surface area contributed by atoms with Crippen molar-refractivity contribution in [3.8, 4) is 0 Å². The van der Waals surface area contributed by atoms with Crippen molar-refractivity contribution in [1.82, 2.24) is 0 Å². The van der Waals surface area contributed by atoms with Gasteiger partial charge in [0.1, 0.15) is 12.2 Å². The first-order valence-electron chi connectivity index (χ1n) is 6.49. The van der Waals surface area contributed by atoms with E-state index in [0.29, 0.717) is 0 Å². The Morgan fingerprint density at radius 2 is 0.792 bits per heavy atom. The topological polar surface area (TPSA) is 191 Å². The fraction of sp³-hybridized carbons (Fsp3) is 1.00. The lowest BCUT2D eigenvalue weighted by Crippen LogP contribution is -2.56. The van der Waals surface area contributed by atoms with Gasteiger partial charge in [0.2, 0.25) is 0 Å². The Hall–Kier alpha value is -0.390. The van der Waals surface area contributed by atoms with Gasteiger partial charge in [-0.2, -0.15) is 25.3 Å². The fourth-order valence-corrected chi connectivity index (χ4v) is 4.51. The van der Waals surface area contributed by atoms with Crippen molar-refractivity contribution < 1.29 is 51.5 Å². The molecule has 0 aromatic heterocycles. The maximum atomic E-state index is 11.0. The molecule has 0 radical (unpaired) electrons. The molecule has 15 heteroatoms. The Balaban J connectivity index is 3.30. The molecule has 0 aromatic carbocycles. The van der Waals surface area contributed by atoms with Crippen molar-refractivity contribution >= 4 is 31.2 Å². The second kappa shape index (κ2) is 7.08. The van der Waals surface area contributed by atoms with E-state index in [1.807, 2.05) is 0 Å². The molecule has 0 saturated heterocycles. The summed E-state index contributed by atoms with van der Waals surface area (Å²) in [5.74, 6) is -2.86. The van der Waals surface area contributed by atoms with E-state index in [0.717, 1.165) is 0 Å². The molecule has 0 aromatic rings. The largest absolute Gasteiger partial charge is 0.397 e. The summed E-state index contributed by atoms with van der Waals surface area (Å²) < 4.78 is 106. The van der Waals surface area contributed by atoms with E-state index in [9.17, 15) is 25.3 Å². The Morgan fingerprint density at radius 1 is 0.542 bits per heavy atom. The monoisotopic (exact) mass is 414 g/mol. The highest BCUT2D eigenvalue weighted by molar-refractivity contribution is 7.81.